The van der Waals surface area contributed by atoms with Gasteiger partial charge in [0.2, 0.25) is 10.0 Å². The Hall–Kier alpha value is -2.10. The predicted octanol–water partition coefficient (Wildman–Crippen LogP) is 4.32. The van der Waals surface area contributed by atoms with Crippen molar-refractivity contribution < 1.29 is 26.4 Å². The van der Waals surface area contributed by atoms with E-state index in [1.54, 1.807) is 13.8 Å². The van der Waals surface area contributed by atoms with E-state index in [1.165, 1.54) is 34.6 Å². The van der Waals surface area contributed by atoms with Crippen molar-refractivity contribution in [2.45, 2.75) is 31.5 Å². The van der Waals surface area contributed by atoms with E-state index in [1.807, 2.05) is 0 Å². The fourth-order valence-electron chi connectivity index (χ4n) is 2.64. The van der Waals surface area contributed by atoms with Crippen LogP contribution in [0.15, 0.2) is 47.4 Å². The van der Waals surface area contributed by atoms with Crippen LogP contribution in [0.2, 0.25) is 5.02 Å². The van der Waals surface area contributed by atoms with E-state index in [0.29, 0.717) is 5.56 Å². The molecule has 0 fully saturated rings. The van der Waals surface area contributed by atoms with E-state index in [4.69, 9.17) is 11.6 Å². The van der Waals surface area contributed by atoms with Gasteiger partial charge in [0.25, 0.3) is 5.91 Å². The molecule has 2 aromatic rings. The van der Waals surface area contributed by atoms with Crippen LogP contribution in [-0.2, 0) is 22.7 Å². The molecule has 0 saturated carbocycles. The van der Waals surface area contributed by atoms with E-state index in [-0.39, 0.29) is 35.1 Å². The molecule has 2 aromatic carbocycles. The first-order valence-corrected chi connectivity index (χ1v) is 10.6. The summed E-state index contributed by atoms with van der Waals surface area (Å²) in [5.74, 6) is -0.633. The Bertz CT molecular complexity index is 973. The zero-order chi connectivity index (χ0) is 21.8. The standard InChI is InChI=1S/C19H20ClF3N2O3S/c1-3-25(4-2)29(27,28)15-9-10-17(20)16(11-15)18(26)24-12-13-5-7-14(8-6-13)19(21,22)23/h5-11H,3-4,12H2,1-2H3,(H,24,26). The number of carbonyl (C=O) groups is 1. The van der Waals surface area contributed by atoms with Gasteiger partial charge >= 0.3 is 6.18 Å². The molecule has 158 valence electrons. The quantitative estimate of drug-likeness (QED) is 0.686. The number of rotatable bonds is 7. The molecule has 2 rings (SSSR count). The third-order valence-corrected chi connectivity index (χ3v) is 6.64. The highest BCUT2D eigenvalue weighted by Crippen LogP contribution is 2.29. The minimum absolute atomic E-state index is 0.0354. The summed E-state index contributed by atoms with van der Waals surface area (Å²) < 4.78 is 64.3. The van der Waals surface area contributed by atoms with Gasteiger partial charge in [-0.2, -0.15) is 17.5 Å². The van der Waals surface area contributed by atoms with E-state index in [9.17, 15) is 26.4 Å². The summed E-state index contributed by atoms with van der Waals surface area (Å²) in [5.41, 5.74) is -0.369. The highest BCUT2D eigenvalue weighted by atomic mass is 35.5. The lowest BCUT2D eigenvalue weighted by atomic mass is 10.1. The van der Waals surface area contributed by atoms with Gasteiger partial charge in [-0.05, 0) is 35.9 Å². The SMILES string of the molecule is CCN(CC)S(=O)(=O)c1ccc(Cl)c(C(=O)NCc2ccc(C(F)(F)F)cc2)c1. The number of nitrogens with zero attached hydrogens (tertiary/aromatic N) is 1. The van der Waals surface area contributed by atoms with Gasteiger partial charge in [0.15, 0.2) is 0 Å². The maximum Gasteiger partial charge on any atom is 0.416 e. The second kappa shape index (κ2) is 9.15. The first-order valence-electron chi connectivity index (χ1n) is 8.74. The number of sulfonamides is 1. The van der Waals surface area contributed by atoms with E-state index < -0.39 is 27.7 Å². The lowest BCUT2D eigenvalue weighted by Gasteiger charge is -2.19. The largest absolute Gasteiger partial charge is 0.416 e. The molecule has 10 heteroatoms. The zero-order valence-corrected chi connectivity index (χ0v) is 17.3. The average Bonchev–Trinajstić information content (AvgIpc) is 2.66. The van der Waals surface area contributed by atoms with E-state index in [2.05, 4.69) is 5.32 Å². The van der Waals surface area contributed by atoms with E-state index >= 15 is 0 Å². The van der Waals surface area contributed by atoms with Crippen LogP contribution in [0.1, 0.15) is 35.3 Å². The summed E-state index contributed by atoms with van der Waals surface area (Å²) >= 11 is 6.05. The molecule has 0 unspecified atom stereocenters. The van der Waals surface area contributed by atoms with Gasteiger partial charge in [-0.15, -0.1) is 0 Å². The molecular weight excluding hydrogens is 429 g/mol. The molecule has 0 bridgehead atoms. The van der Waals surface area contributed by atoms with Crippen molar-refractivity contribution in [3.8, 4) is 0 Å². The zero-order valence-electron chi connectivity index (χ0n) is 15.8. The van der Waals surface area contributed by atoms with Crippen LogP contribution >= 0.6 is 11.6 Å². The average molecular weight is 449 g/mol. The summed E-state index contributed by atoms with van der Waals surface area (Å²) in [6, 6.07) is 8.20. The molecule has 29 heavy (non-hydrogen) atoms. The molecule has 0 aromatic heterocycles. The first-order chi connectivity index (χ1) is 13.5. The minimum atomic E-state index is -4.44. The number of halogens is 4. The number of nitrogens with one attached hydrogen (secondary N) is 1. The van der Waals surface area contributed by atoms with Gasteiger partial charge in [-0.1, -0.05) is 37.6 Å². The second-order valence-electron chi connectivity index (χ2n) is 6.11. The Balaban J connectivity index is 2.19. The third-order valence-electron chi connectivity index (χ3n) is 4.26. The topological polar surface area (TPSA) is 66.5 Å². The number of alkyl halides is 3. The highest BCUT2D eigenvalue weighted by molar-refractivity contribution is 7.89. The van der Waals surface area contributed by atoms with Gasteiger partial charge in [-0.3, -0.25) is 4.79 Å². The molecule has 1 N–H and O–H groups in total. The van der Waals surface area contributed by atoms with Gasteiger partial charge < -0.3 is 5.32 Å². The number of benzene rings is 2. The van der Waals surface area contributed by atoms with Gasteiger partial charge in [0, 0.05) is 19.6 Å². The molecule has 0 heterocycles. The van der Waals surface area contributed by atoms with Crippen molar-refractivity contribution in [2.75, 3.05) is 13.1 Å². The highest BCUT2D eigenvalue weighted by Gasteiger charge is 2.30. The lowest BCUT2D eigenvalue weighted by Crippen LogP contribution is -2.31. The summed E-state index contributed by atoms with van der Waals surface area (Å²) in [7, 11) is -3.77. The number of hydrogen-bond acceptors (Lipinski definition) is 3. The second-order valence-corrected chi connectivity index (χ2v) is 8.45. The third kappa shape index (κ3) is 5.49. The molecular formula is C19H20ClF3N2O3S. The fourth-order valence-corrected chi connectivity index (χ4v) is 4.33. The predicted molar refractivity (Wildman–Crippen MR) is 104 cm³/mol. The van der Waals surface area contributed by atoms with Crippen molar-refractivity contribution >= 4 is 27.5 Å². The maximum atomic E-state index is 12.6. The van der Waals surface area contributed by atoms with Crippen LogP contribution in [-0.4, -0.2) is 31.7 Å². The molecule has 0 saturated heterocycles. The van der Waals surface area contributed by atoms with Crippen LogP contribution < -0.4 is 5.32 Å². The van der Waals surface area contributed by atoms with Crippen molar-refractivity contribution in [1.29, 1.82) is 0 Å². The molecule has 0 radical (unpaired) electrons. The van der Waals surface area contributed by atoms with Crippen LogP contribution in [0.25, 0.3) is 0 Å². The van der Waals surface area contributed by atoms with Crippen LogP contribution in [0.3, 0.4) is 0 Å². The summed E-state index contributed by atoms with van der Waals surface area (Å²) in [5, 5.41) is 2.60. The fraction of sp³-hybridized carbons (Fsp3) is 0.316. The minimum Gasteiger partial charge on any atom is -0.348 e. The number of hydrogen-bond donors (Lipinski definition) is 1. The van der Waals surface area contributed by atoms with Crippen molar-refractivity contribution in [1.82, 2.24) is 9.62 Å². The number of amides is 1. The van der Waals surface area contributed by atoms with E-state index in [0.717, 1.165) is 12.1 Å². The normalized spacial score (nSPS) is 12.2. The molecule has 1 amide bonds. The Morgan fingerprint density at radius 2 is 1.66 bits per heavy atom. The van der Waals surface area contributed by atoms with Crippen molar-refractivity contribution in [2.24, 2.45) is 0 Å². The Labute approximate surface area is 172 Å². The monoisotopic (exact) mass is 448 g/mol. The van der Waals surface area contributed by atoms with Crippen molar-refractivity contribution in [3.63, 3.8) is 0 Å². The van der Waals surface area contributed by atoms with Crippen LogP contribution in [0, 0.1) is 0 Å². The van der Waals surface area contributed by atoms with Gasteiger partial charge in [-0.25, -0.2) is 8.42 Å². The lowest BCUT2D eigenvalue weighted by molar-refractivity contribution is -0.137. The maximum absolute atomic E-state index is 12.6. The molecule has 0 aliphatic rings. The molecule has 0 aliphatic heterocycles. The molecule has 0 spiro atoms. The van der Waals surface area contributed by atoms with Crippen LogP contribution in [0.5, 0.6) is 0 Å². The smallest absolute Gasteiger partial charge is 0.348 e. The summed E-state index contributed by atoms with van der Waals surface area (Å²) in [6.07, 6.45) is -4.44. The Morgan fingerprint density at radius 1 is 1.07 bits per heavy atom. The Morgan fingerprint density at radius 3 is 2.17 bits per heavy atom. The molecule has 5 nitrogen and oxygen atoms in total. The first kappa shape index (κ1) is 23.2. The molecule has 0 atom stereocenters. The summed E-state index contributed by atoms with van der Waals surface area (Å²) in [6.45, 7) is 3.91. The summed E-state index contributed by atoms with van der Waals surface area (Å²) in [4.78, 5) is 12.4. The van der Waals surface area contributed by atoms with Crippen molar-refractivity contribution in [3.05, 3.63) is 64.2 Å². The molecule has 0 aliphatic carbocycles. The number of carbonyl (C=O) groups excluding carboxylic acids is 1. The van der Waals surface area contributed by atoms with Crippen LogP contribution in [0.4, 0.5) is 13.2 Å². The Kier molecular flexibility index (Phi) is 7.31. The van der Waals surface area contributed by atoms with Gasteiger partial charge in [0.05, 0.1) is 21.0 Å². The van der Waals surface area contributed by atoms with Gasteiger partial charge in [0.1, 0.15) is 0 Å².